The van der Waals surface area contributed by atoms with Gasteiger partial charge in [0.05, 0.1) is 11.8 Å². The molecule has 3 aromatic carbocycles. The fourth-order valence-corrected chi connectivity index (χ4v) is 5.82. The van der Waals surface area contributed by atoms with Crippen LogP contribution in [-0.2, 0) is 15.0 Å². The maximum atomic E-state index is 13.1. The van der Waals surface area contributed by atoms with Crippen LogP contribution in [0.1, 0.15) is 24.0 Å². The van der Waals surface area contributed by atoms with Crippen LogP contribution in [0.2, 0.25) is 0 Å². The first kappa shape index (κ1) is 17.4. The molecule has 0 radical (unpaired) electrons. The summed E-state index contributed by atoms with van der Waals surface area (Å²) in [7, 11) is 0. The molecule has 3 nitrogen and oxygen atoms in total. The van der Waals surface area contributed by atoms with E-state index in [-0.39, 0.29) is 17.7 Å². The normalized spacial score (nSPS) is 31.2. The van der Waals surface area contributed by atoms with Crippen LogP contribution in [0.15, 0.2) is 72.8 Å². The molecule has 3 aliphatic rings. The molecule has 30 heavy (non-hydrogen) atoms. The van der Waals surface area contributed by atoms with Gasteiger partial charge in [0.1, 0.15) is 0 Å². The zero-order valence-corrected chi connectivity index (χ0v) is 16.7. The van der Waals surface area contributed by atoms with Crippen LogP contribution in [0.4, 0.5) is 0 Å². The Balaban J connectivity index is 1.81. The zero-order valence-electron chi connectivity index (χ0n) is 16.7. The Bertz CT molecular complexity index is 1420. The molecule has 1 heterocycles. The summed E-state index contributed by atoms with van der Waals surface area (Å²) in [4.78, 5) is 26.1. The van der Waals surface area contributed by atoms with Crippen LogP contribution in [0.25, 0.3) is 22.9 Å². The highest BCUT2D eigenvalue weighted by atomic mass is 16.2. The highest BCUT2D eigenvalue weighted by molar-refractivity contribution is 6.08. The van der Waals surface area contributed by atoms with E-state index in [1.165, 1.54) is 0 Å². The van der Waals surface area contributed by atoms with Gasteiger partial charge in [-0.1, -0.05) is 80.3 Å². The van der Waals surface area contributed by atoms with Crippen molar-refractivity contribution in [1.29, 1.82) is 0 Å². The van der Waals surface area contributed by atoms with Crippen molar-refractivity contribution >= 4 is 34.7 Å². The SMILES string of the molecule is C=C1/C=c2/cccc/c2=C/C2c3cc4ccccc4cc3C1(C)C1C(=O)NC(=O)C21. The van der Waals surface area contributed by atoms with Gasteiger partial charge in [-0.05, 0) is 44.0 Å². The van der Waals surface area contributed by atoms with Crippen molar-refractivity contribution in [2.24, 2.45) is 11.8 Å². The lowest BCUT2D eigenvalue weighted by Gasteiger charge is -2.45. The predicted octanol–water partition coefficient (Wildman–Crippen LogP) is 2.91. The molecule has 4 atom stereocenters. The second-order valence-electron chi connectivity index (χ2n) is 8.84. The average molecular weight is 391 g/mol. The molecule has 3 aromatic rings. The number of amides is 2. The molecule has 1 fully saturated rings. The summed E-state index contributed by atoms with van der Waals surface area (Å²) >= 11 is 0. The molecule has 146 valence electrons. The first-order valence-electron chi connectivity index (χ1n) is 10.3. The van der Waals surface area contributed by atoms with Gasteiger partial charge in [-0.25, -0.2) is 0 Å². The Labute approximate surface area is 174 Å². The lowest BCUT2D eigenvalue weighted by atomic mass is 9.54. The summed E-state index contributed by atoms with van der Waals surface area (Å²) in [5.41, 5.74) is 2.42. The zero-order chi connectivity index (χ0) is 20.6. The summed E-state index contributed by atoms with van der Waals surface area (Å²) in [5, 5.41) is 7.05. The number of imide groups is 1. The van der Waals surface area contributed by atoms with Crippen molar-refractivity contribution < 1.29 is 9.59 Å². The van der Waals surface area contributed by atoms with E-state index in [1.807, 2.05) is 24.3 Å². The van der Waals surface area contributed by atoms with Crippen LogP contribution in [0, 0.1) is 11.8 Å². The van der Waals surface area contributed by atoms with E-state index in [9.17, 15) is 9.59 Å². The number of rotatable bonds is 0. The monoisotopic (exact) mass is 391 g/mol. The molecule has 1 saturated heterocycles. The molecular formula is C27H21NO2. The lowest BCUT2D eigenvalue weighted by Crippen LogP contribution is -2.46. The standard InChI is InChI=1S/C27H21NO2/c1-15-11-16-7-3-4-9-18(16)13-21-20-12-17-8-5-6-10-19(17)14-22(20)27(15,2)24-23(21)25(29)28-26(24)30/h3-14,21,23-24H,1H2,2H3,(H,28,29,30)/b16-11-,18-13-. The second kappa shape index (κ2) is 5.79. The van der Waals surface area contributed by atoms with Crippen molar-refractivity contribution in [3.63, 3.8) is 0 Å². The van der Waals surface area contributed by atoms with Gasteiger partial charge in [-0.3, -0.25) is 14.9 Å². The number of nitrogens with one attached hydrogen (secondary N) is 1. The van der Waals surface area contributed by atoms with Gasteiger partial charge in [0.15, 0.2) is 0 Å². The largest absolute Gasteiger partial charge is 0.296 e. The second-order valence-corrected chi connectivity index (χ2v) is 8.84. The Hall–Kier alpha value is -3.46. The number of fused-ring (bicyclic) bond motifs is 5. The first-order valence-corrected chi connectivity index (χ1v) is 10.3. The Morgan fingerprint density at radius 3 is 2.33 bits per heavy atom. The minimum absolute atomic E-state index is 0.172. The van der Waals surface area contributed by atoms with E-state index in [0.29, 0.717) is 0 Å². The van der Waals surface area contributed by atoms with Crippen LogP contribution in [-0.4, -0.2) is 11.8 Å². The van der Waals surface area contributed by atoms with Gasteiger partial charge in [-0.2, -0.15) is 0 Å². The Morgan fingerprint density at radius 1 is 0.900 bits per heavy atom. The van der Waals surface area contributed by atoms with Crippen LogP contribution < -0.4 is 15.8 Å². The van der Waals surface area contributed by atoms with E-state index in [4.69, 9.17) is 0 Å². The van der Waals surface area contributed by atoms with Crippen molar-refractivity contribution in [3.05, 3.63) is 94.4 Å². The van der Waals surface area contributed by atoms with Crippen molar-refractivity contribution in [2.75, 3.05) is 0 Å². The summed E-state index contributed by atoms with van der Waals surface area (Å²) in [5.74, 6) is -1.45. The van der Waals surface area contributed by atoms with Crippen molar-refractivity contribution in [2.45, 2.75) is 18.3 Å². The van der Waals surface area contributed by atoms with Crippen LogP contribution in [0.3, 0.4) is 0 Å². The molecule has 6 rings (SSSR count). The number of carbonyl (C=O) groups excluding carboxylic acids is 2. The minimum Gasteiger partial charge on any atom is -0.296 e. The highest BCUT2D eigenvalue weighted by Gasteiger charge is 2.59. The molecule has 4 unspecified atom stereocenters. The molecule has 3 heteroatoms. The van der Waals surface area contributed by atoms with Gasteiger partial charge in [0, 0.05) is 11.3 Å². The number of benzene rings is 3. The third-order valence-electron chi connectivity index (χ3n) is 7.39. The smallest absolute Gasteiger partial charge is 0.231 e. The van der Waals surface area contributed by atoms with Crippen molar-refractivity contribution in [3.8, 4) is 0 Å². The van der Waals surface area contributed by atoms with Crippen molar-refractivity contribution in [1.82, 2.24) is 5.32 Å². The summed E-state index contributed by atoms with van der Waals surface area (Å²) < 4.78 is 0. The van der Waals surface area contributed by atoms with E-state index in [2.05, 4.69) is 67.4 Å². The topological polar surface area (TPSA) is 46.2 Å². The van der Waals surface area contributed by atoms with Crippen LogP contribution in [0.5, 0.6) is 0 Å². The Kier molecular flexibility index (Phi) is 3.36. The molecule has 0 saturated carbocycles. The molecule has 0 spiro atoms. The molecule has 2 aliphatic carbocycles. The predicted molar refractivity (Wildman–Crippen MR) is 118 cm³/mol. The Morgan fingerprint density at radius 2 is 1.57 bits per heavy atom. The summed E-state index contributed by atoms with van der Waals surface area (Å²) in [6, 6.07) is 20.8. The average Bonchev–Trinajstić information content (AvgIpc) is 3.07. The van der Waals surface area contributed by atoms with E-state index < -0.39 is 17.3 Å². The maximum Gasteiger partial charge on any atom is 0.231 e. The first-order chi connectivity index (χ1) is 14.5. The van der Waals surface area contributed by atoms with Gasteiger partial charge in [-0.15, -0.1) is 0 Å². The molecule has 1 aliphatic heterocycles. The fraction of sp³-hybridized carbons (Fsp3) is 0.185. The highest BCUT2D eigenvalue weighted by Crippen LogP contribution is 2.56. The molecule has 2 amide bonds. The third-order valence-corrected chi connectivity index (χ3v) is 7.39. The number of hydrogen-bond acceptors (Lipinski definition) is 2. The number of allylic oxidation sites excluding steroid dienone is 1. The third kappa shape index (κ3) is 2.10. The number of hydrogen-bond donors (Lipinski definition) is 1. The maximum absolute atomic E-state index is 13.1. The summed E-state index contributed by atoms with van der Waals surface area (Å²) in [6.45, 7) is 6.53. The minimum atomic E-state index is -0.665. The lowest BCUT2D eigenvalue weighted by molar-refractivity contribution is -0.126. The van der Waals surface area contributed by atoms with E-state index in [0.717, 1.165) is 37.9 Å². The molecular weight excluding hydrogens is 370 g/mol. The molecule has 2 bridgehead atoms. The van der Waals surface area contributed by atoms with E-state index in [1.54, 1.807) is 0 Å². The van der Waals surface area contributed by atoms with E-state index >= 15 is 0 Å². The van der Waals surface area contributed by atoms with Gasteiger partial charge in [0.2, 0.25) is 11.8 Å². The molecule has 0 aromatic heterocycles. The molecule has 1 N–H and O–H groups in total. The van der Waals surface area contributed by atoms with Crippen LogP contribution >= 0.6 is 0 Å². The number of carbonyl (C=O) groups is 2. The fourth-order valence-electron chi connectivity index (χ4n) is 5.82. The quantitative estimate of drug-likeness (QED) is 0.599. The van der Waals surface area contributed by atoms with Gasteiger partial charge < -0.3 is 0 Å². The van der Waals surface area contributed by atoms with Gasteiger partial charge >= 0.3 is 0 Å². The summed E-state index contributed by atoms with van der Waals surface area (Å²) in [6.07, 6.45) is 4.26. The van der Waals surface area contributed by atoms with Gasteiger partial charge in [0.25, 0.3) is 0 Å².